The molecule has 1 aliphatic heterocycles. The summed E-state index contributed by atoms with van der Waals surface area (Å²) in [5, 5.41) is 4.34. The Kier molecular flexibility index (Phi) is 4.08. The first kappa shape index (κ1) is 14.0. The summed E-state index contributed by atoms with van der Waals surface area (Å²) in [6.07, 6.45) is 1.20. The van der Waals surface area contributed by atoms with Crippen molar-refractivity contribution in [2.75, 3.05) is 6.54 Å². The zero-order valence-corrected chi connectivity index (χ0v) is 13.0. The molecule has 2 unspecified atom stereocenters. The van der Waals surface area contributed by atoms with Crippen molar-refractivity contribution < 1.29 is 0 Å². The van der Waals surface area contributed by atoms with Crippen molar-refractivity contribution in [3.8, 4) is 0 Å². The summed E-state index contributed by atoms with van der Waals surface area (Å²) in [5.41, 5.74) is 3.19. The Morgan fingerprint density at radius 1 is 1.28 bits per heavy atom. The highest BCUT2D eigenvalue weighted by atomic mass is 32.2. The standard InChI is InChI=1S/C16H25NS/c1-6-9-17-15-11(2)18-14-8-7-12(10-13(14)15)16(3,4)5/h7-8,10-11,15,17H,6,9H2,1-5H3. The van der Waals surface area contributed by atoms with Crippen molar-refractivity contribution >= 4 is 11.8 Å². The zero-order valence-electron chi connectivity index (χ0n) is 12.2. The van der Waals surface area contributed by atoms with Gasteiger partial charge >= 0.3 is 0 Å². The fraction of sp³-hybridized carbons (Fsp3) is 0.625. The lowest BCUT2D eigenvalue weighted by Crippen LogP contribution is -2.26. The molecule has 0 saturated carbocycles. The van der Waals surface area contributed by atoms with Gasteiger partial charge in [0, 0.05) is 16.2 Å². The van der Waals surface area contributed by atoms with Gasteiger partial charge in [0.2, 0.25) is 0 Å². The van der Waals surface area contributed by atoms with E-state index < -0.39 is 0 Å². The highest BCUT2D eigenvalue weighted by Crippen LogP contribution is 2.45. The van der Waals surface area contributed by atoms with E-state index in [2.05, 4.69) is 58.1 Å². The molecule has 0 fully saturated rings. The molecule has 18 heavy (non-hydrogen) atoms. The molecule has 0 spiro atoms. The van der Waals surface area contributed by atoms with Gasteiger partial charge in [0.05, 0.1) is 0 Å². The van der Waals surface area contributed by atoms with Crippen LogP contribution in [0.1, 0.15) is 58.2 Å². The molecule has 1 heterocycles. The first-order valence-electron chi connectivity index (χ1n) is 6.98. The summed E-state index contributed by atoms with van der Waals surface area (Å²) in [7, 11) is 0. The zero-order chi connectivity index (χ0) is 13.3. The minimum atomic E-state index is 0.237. The largest absolute Gasteiger partial charge is 0.309 e. The molecular formula is C16H25NS. The lowest BCUT2D eigenvalue weighted by Gasteiger charge is -2.22. The van der Waals surface area contributed by atoms with Gasteiger partial charge in [0.25, 0.3) is 0 Å². The van der Waals surface area contributed by atoms with E-state index in [4.69, 9.17) is 0 Å². The number of fused-ring (bicyclic) bond motifs is 1. The number of rotatable bonds is 3. The first-order chi connectivity index (χ1) is 8.43. The van der Waals surface area contributed by atoms with E-state index in [1.165, 1.54) is 22.4 Å². The van der Waals surface area contributed by atoms with E-state index in [-0.39, 0.29) is 5.41 Å². The molecule has 0 aliphatic carbocycles. The number of hydrogen-bond acceptors (Lipinski definition) is 2. The van der Waals surface area contributed by atoms with Crippen molar-refractivity contribution in [2.45, 2.75) is 62.6 Å². The molecule has 1 nitrogen and oxygen atoms in total. The van der Waals surface area contributed by atoms with Gasteiger partial charge in [0.15, 0.2) is 0 Å². The van der Waals surface area contributed by atoms with Crippen LogP contribution >= 0.6 is 11.8 Å². The Morgan fingerprint density at radius 3 is 2.61 bits per heavy atom. The highest BCUT2D eigenvalue weighted by molar-refractivity contribution is 8.00. The molecule has 0 amide bonds. The topological polar surface area (TPSA) is 12.0 Å². The minimum Gasteiger partial charge on any atom is -0.309 e. The summed E-state index contributed by atoms with van der Waals surface area (Å²) in [6.45, 7) is 12.5. The summed E-state index contributed by atoms with van der Waals surface area (Å²) in [6, 6.07) is 7.54. The number of hydrogen-bond donors (Lipinski definition) is 1. The fourth-order valence-corrected chi connectivity index (χ4v) is 3.71. The number of thioether (sulfide) groups is 1. The molecule has 0 aromatic heterocycles. The monoisotopic (exact) mass is 263 g/mol. The fourth-order valence-electron chi connectivity index (χ4n) is 2.46. The third-order valence-corrected chi connectivity index (χ3v) is 4.88. The second kappa shape index (κ2) is 5.26. The second-order valence-corrected chi connectivity index (χ2v) is 7.68. The lowest BCUT2D eigenvalue weighted by atomic mass is 9.85. The third-order valence-electron chi connectivity index (χ3n) is 3.61. The van der Waals surface area contributed by atoms with Crippen LogP contribution < -0.4 is 5.32 Å². The predicted octanol–water partition coefficient (Wildman–Crippen LogP) is 4.52. The molecule has 0 saturated heterocycles. The quantitative estimate of drug-likeness (QED) is 0.860. The molecule has 1 aliphatic rings. The summed E-state index contributed by atoms with van der Waals surface area (Å²) in [4.78, 5) is 1.46. The average molecular weight is 263 g/mol. The predicted molar refractivity (Wildman–Crippen MR) is 81.5 cm³/mol. The molecule has 0 bridgehead atoms. The molecule has 0 radical (unpaired) electrons. The summed E-state index contributed by atoms with van der Waals surface area (Å²) < 4.78 is 0. The summed E-state index contributed by atoms with van der Waals surface area (Å²) in [5.74, 6) is 0. The Balaban J connectivity index is 2.31. The van der Waals surface area contributed by atoms with E-state index >= 15 is 0 Å². The van der Waals surface area contributed by atoms with Crippen molar-refractivity contribution in [3.05, 3.63) is 29.3 Å². The Labute approximate surface area is 116 Å². The van der Waals surface area contributed by atoms with E-state index in [1.54, 1.807) is 0 Å². The van der Waals surface area contributed by atoms with Crippen LogP contribution in [0.15, 0.2) is 23.1 Å². The molecule has 100 valence electrons. The smallest absolute Gasteiger partial charge is 0.0452 e. The van der Waals surface area contributed by atoms with Gasteiger partial charge in [-0.2, -0.15) is 0 Å². The average Bonchev–Trinajstić information content (AvgIpc) is 2.60. The Bertz CT molecular complexity index is 420. The van der Waals surface area contributed by atoms with Crippen LogP contribution in [0.2, 0.25) is 0 Å². The van der Waals surface area contributed by atoms with E-state index in [0.29, 0.717) is 11.3 Å². The van der Waals surface area contributed by atoms with Crippen LogP contribution in [0.25, 0.3) is 0 Å². The Morgan fingerprint density at radius 2 is 2.00 bits per heavy atom. The van der Waals surface area contributed by atoms with E-state index in [9.17, 15) is 0 Å². The van der Waals surface area contributed by atoms with Crippen LogP contribution in [0, 0.1) is 0 Å². The van der Waals surface area contributed by atoms with Crippen LogP contribution in [-0.2, 0) is 5.41 Å². The van der Waals surface area contributed by atoms with Crippen molar-refractivity contribution in [1.82, 2.24) is 5.32 Å². The van der Waals surface area contributed by atoms with Gasteiger partial charge in [-0.1, -0.05) is 46.8 Å². The highest BCUT2D eigenvalue weighted by Gasteiger charge is 2.30. The van der Waals surface area contributed by atoms with Gasteiger partial charge < -0.3 is 5.32 Å². The third kappa shape index (κ3) is 2.75. The van der Waals surface area contributed by atoms with Crippen LogP contribution in [0.5, 0.6) is 0 Å². The van der Waals surface area contributed by atoms with Crippen LogP contribution in [0.4, 0.5) is 0 Å². The van der Waals surface area contributed by atoms with E-state index in [1.807, 2.05) is 11.8 Å². The molecule has 2 rings (SSSR count). The van der Waals surface area contributed by atoms with Gasteiger partial charge in [-0.15, -0.1) is 11.8 Å². The van der Waals surface area contributed by atoms with Gasteiger partial charge in [-0.05, 0) is 35.6 Å². The van der Waals surface area contributed by atoms with Crippen molar-refractivity contribution in [1.29, 1.82) is 0 Å². The molecular weight excluding hydrogens is 238 g/mol. The molecule has 1 aromatic rings. The maximum Gasteiger partial charge on any atom is 0.0452 e. The van der Waals surface area contributed by atoms with Gasteiger partial charge in [-0.3, -0.25) is 0 Å². The Hall–Kier alpha value is -0.470. The first-order valence-corrected chi connectivity index (χ1v) is 7.86. The van der Waals surface area contributed by atoms with Crippen LogP contribution in [-0.4, -0.2) is 11.8 Å². The summed E-state index contributed by atoms with van der Waals surface area (Å²) >= 11 is 2.01. The molecule has 2 atom stereocenters. The van der Waals surface area contributed by atoms with Gasteiger partial charge in [0.1, 0.15) is 0 Å². The maximum atomic E-state index is 3.70. The normalized spacial score (nSPS) is 23.2. The lowest BCUT2D eigenvalue weighted by molar-refractivity contribution is 0.528. The van der Waals surface area contributed by atoms with Gasteiger partial charge in [-0.25, -0.2) is 0 Å². The number of benzene rings is 1. The second-order valence-electron chi connectivity index (χ2n) is 6.26. The maximum absolute atomic E-state index is 3.70. The van der Waals surface area contributed by atoms with E-state index in [0.717, 1.165) is 6.54 Å². The van der Waals surface area contributed by atoms with Crippen molar-refractivity contribution in [2.24, 2.45) is 0 Å². The van der Waals surface area contributed by atoms with Crippen molar-refractivity contribution in [3.63, 3.8) is 0 Å². The molecule has 1 N–H and O–H groups in total. The minimum absolute atomic E-state index is 0.237. The molecule has 1 aromatic carbocycles. The molecule has 2 heteroatoms. The SMILES string of the molecule is CCCNC1c2cc(C(C)(C)C)ccc2SC1C. The van der Waals surface area contributed by atoms with Crippen LogP contribution in [0.3, 0.4) is 0 Å². The number of nitrogens with one attached hydrogen (secondary N) is 1.